The summed E-state index contributed by atoms with van der Waals surface area (Å²) in [5.74, 6) is 2.60. The minimum atomic E-state index is 0. The molecule has 1 fully saturated rings. The predicted octanol–water partition coefficient (Wildman–Crippen LogP) is 0.907. The Balaban J connectivity index is 0.00000312. The Morgan fingerprint density at radius 1 is 1.32 bits per heavy atom. The lowest BCUT2D eigenvalue weighted by molar-refractivity contribution is 0.0389. The van der Waals surface area contributed by atoms with Gasteiger partial charge in [0.25, 0.3) is 0 Å². The lowest BCUT2D eigenvalue weighted by atomic mass is 10.3. The van der Waals surface area contributed by atoms with Gasteiger partial charge < -0.3 is 19.9 Å². The van der Waals surface area contributed by atoms with Crippen LogP contribution in [0.4, 0.5) is 0 Å². The molecule has 1 aliphatic rings. The van der Waals surface area contributed by atoms with E-state index >= 15 is 0 Å². The van der Waals surface area contributed by atoms with Gasteiger partial charge in [0.15, 0.2) is 11.8 Å². The first-order chi connectivity index (χ1) is 11.6. The molecule has 0 amide bonds. The van der Waals surface area contributed by atoms with Crippen LogP contribution in [-0.2, 0) is 18.3 Å². The second-order valence-electron chi connectivity index (χ2n) is 6.22. The molecule has 144 valence electrons. The maximum Gasteiger partial charge on any atom is 0.191 e. The van der Waals surface area contributed by atoms with Crippen molar-refractivity contribution in [2.24, 2.45) is 12.0 Å². The standard InChI is InChI=1S/C16H31N7O.HI/c1-5-13(2)19-16(17-6-7-23-8-10-24-11-9-23)18-12-15-21-20-14(3)22(15)4;/h13H,5-12H2,1-4H3,(H2,17,18,19);1H. The highest BCUT2D eigenvalue weighted by atomic mass is 127. The maximum atomic E-state index is 5.38. The molecular formula is C16H32IN7O. The molecule has 2 heterocycles. The monoisotopic (exact) mass is 465 g/mol. The molecule has 1 aromatic heterocycles. The Labute approximate surface area is 167 Å². The van der Waals surface area contributed by atoms with E-state index < -0.39 is 0 Å². The minimum absolute atomic E-state index is 0. The number of rotatable bonds is 7. The van der Waals surface area contributed by atoms with Crippen LogP contribution in [-0.4, -0.2) is 71.1 Å². The van der Waals surface area contributed by atoms with Gasteiger partial charge in [0.1, 0.15) is 12.4 Å². The number of guanidine groups is 1. The van der Waals surface area contributed by atoms with Crippen LogP contribution in [0.1, 0.15) is 31.9 Å². The van der Waals surface area contributed by atoms with E-state index in [-0.39, 0.29) is 24.0 Å². The third-order valence-electron chi connectivity index (χ3n) is 4.38. The van der Waals surface area contributed by atoms with Gasteiger partial charge in [0.05, 0.1) is 13.2 Å². The number of nitrogens with zero attached hydrogens (tertiary/aromatic N) is 5. The molecule has 0 spiro atoms. The molecule has 2 N–H and O–H groups in total. The predicted molar refractivity (Wildman–Crippen MR) is 110 cm³/mol. The number of hydrogen-bond donors (Lipinski definition) is 2. The summed E-state index contributed by atoms with van der Waals surface area (Å²) in [6.07, 6.45) is 1.05. The summed E-state index contributed by atoms with van der Waals surface area (Å²) >= 11 is 0. The van der Waals surface area contributed by atoms with Crippen molar-refractivity contribution in [1.29, 1.82) is 0 Å². The summed E-state index contributed by atoms with van der Waals surface area (Å²) in [7, 11) is 1.97. The second kappa shape index (κ2) is 11.6. The van der Waals surface area contributed by atoms with Crippen LogP contribution in [0.5, 0.6) is 0 Å². The highest BCUT2D eigenvalue weighted by Crippen LogP contribution is 2.00. The van der Waals surface area contributed by atoms with Gasteiger partial charge in [-0.15, -0.1) is 34.2 Å². The number of aromatic nitrogens is 3. The van der Waals surface area contributed by atoms with Gasteiger partial charge in [-0.3, -0.25) is 4.90 Å². The van der Waals surface area contributed by atoms with Crippen molar-refractivity contribution in [3.05, 3.63) is 11.6 Å². The summed E-state index contributed by atoms with van der Waals surface area (Å²) in [5, 5.41) is 15.1. The molecule has 1 unspecified atom stereocenters. The molecule has 25 heavy (non-hydrogen) atoms. The van der Waals surface area contributed by atoms with Crippen molar-refractivity contribution in [3.63, 3.8) is 0 Å². The molecule has 1 aromatic rings. The molecule has 0 aliphatic carbocycles. The zero-order valence-electron chi connectivity index (χ0n) is 15.8. The van der Waals surface area contributed by atoms with Crippen LogP contribution in [0.3, 0.4) is 0 Å². The number of hydrogen-bond acceptors (Lipinski definition) is 5. The lowest BCUT2D eigenvalue weighted by Gasteiger charge is -2.27. The van der Waals surface area contributed by atoms with E-state index in [0.29, 0.717) is 12.6 Å². The maximum absolute atomic E-state index is 5.38. The van der Waals surface area contributed by atoms with Crippen LogP contribution in [0.2, 0.25) is 0 Å². The minimum Gasteiger partial charge on any atom is -0.379 e. The fourth-order valence-electron chi connectivity index (χ4n) is 2.38. The number of ether oxygens (including phenoxy) is 1. The molecule has 0 radical (unpaired) electrons. The van der Waals surface area contributed by atoms with Crippen molar-refractivity contribution < 1.29 is 4.74 Å². The van der Waals surface area contributed by atoms with Crippen molar-refractivity contribution in [2.75, 3.05) is 39.4 Å². The number of aryl methyl sites for hydroxylation is 1. The lowest BCUT2D eigenvalue weighted by Crippen LogP contribution is -2.46. The van der Waals surface area contributed by atoms with E-state index in [4.69, 9.17) is 4.74 Å². The van der Waals surface area contributed by atoms with Gasteiger partial charge in [0, 0.05) is 39.3 Å². The fraction of sp³-hybridized carbons (Fsp3) is 0.812. The SMILES string of the molecule is CCC(C)NC(=NCc1nnc(C)n1C)NCCN1CCOCC1.I. The first-order valence-electron chi connectivity index (χ1n) is 8.80. The molecule has 0 aromatic carbocycles. The Hall–Kier alpha value is -0.940. The van der Waals surface area contributed by atoms with Gasteiger partial charge in [-0.1, -0.05) is 6.92 Å². The first kappa shape index (κ1) is 22.1. The van der Waals surface area contributed by atoms with Crippen molar-refractivity contribution in [1.82, 2.24) is 30.3 Å². The van der Waals surface area contributed by atoms with E-state index in [1.807, 2.05) is 18.5 Å². The highest BCUT2D eigenvalue weighted by Gasteiger charge is 2.11. The number of aliphatic imine (C=N–C) groups is 1. The Bertz CT molecular complexity index is 529. The Kier molecular flexibility index (Phi) is 10.3. The van der Waals surface area contributed by atoms with E-state index in [1.54, 1.807) is 0 Å². The van der Waals surface area contributed by atoms with Crippen LogP contribution in [0.25, 0.3) is 0 Å². The van der Waals surface area contributed by atoms with E-state index in [2.05, 4.69) is 44.6 Å². The smallest absolute Gasteiger partial charge is 0.191 e. The van der Waals surface area contributed by atoms with Gasteiger partial charge in [0.2, 0.25) is 0 Å². The van der Waals surface area contributed by atoms with Gasteiger partial charge >= 0.3 is 0 Å². The number of morpholine rings is 1. The molecular weight excluding hydrogens is 433 g/mol. The van der Waals surface area contributed by atoms with Crippen molar-refractivity contribution in [3.8, 4) is 0 Å². The van der Waals surface area contributed by atoms with Crippen molar-refractivity contribution in [2.45, 2.75) is 39.8 Å². The summed E-state index contributed by atoms with van der Waals surface area (Å²) < 4.78 is 7.35. The summed E-state index contributed by atoms with van der Waals surface area (Å²) in [4.78, 5) is 7.07. The largest absolute Gasteiger partial charge is 0.379 e. The van der Waals surface area contributed by atoms with Crippen LogP contribution in [0, 0.1) is 6.92 Å². The van der Waals surface area contributed by atoms with E-state index in [1.165, 1.54) is 0 Å². The number of nitrogens with one attached hydrogen (secondary N) is 2. The molecule has 2 rings (SSSR count). The first-order valence-corrected chi connectivity index (χ1v) is 8.80. The third kappa shape index (κ3) is 7.45. The fourth-order valence-corrected chi connectivity index (χ4v) is 2.38. The molecule has 1 aliphatic heterocycles. The molecule has 8 nitrogen and oxygen atoms in total. The van der Waals surface area contributed by atoms with Crippen LogP contribution in [0.15, 0.2) is 4.99 Å². The van der Waals surface area contributed by atoms with E-state index in [0.717, 1.165) is 63.4 Å². The zero-order chi connectivity index (χ0) is 17.4. The average molecular weight is 465 g/mol. The molecule has 1 atom stereocenters. The topological polar surface area (TPSA) is 79.6 Å². The highest BCUT2D eigenvalue weighted by molar-refractivity contribution is 14.0. The Morgan fingerprint density at radius 2 is 2.04 bits per heavy atom. The summed E-state index contributed by atoms with van der Waals surface area (Å²) in [6.45, 7) is 12.3. The van der Waals surface area contributed by atoms with Gasteiger partial charge in [-0.25, -0.2) is 4.99 Å². The van der Waals surface area contributed by atoms with Crippen LogP contribution < -0.4 is 10.6 Å². The van der Waals surface area contributed by atoms with E-state index in [9.17, 15) is 0 Å². The molecule has 1 saturated heterocycles. The summed E-state index contributed by atoms with van der Waals surface area (Å²) in [6, 6.07) is 0.376. The van der Waals surface area contributed by atoms with Crippen LogP contribution >= 0.6 is 24.0 Å². The summed E-state index contributed by atoms with van der Waals surface area (Å²) in [5.41, 5.74) is 0. The van der Waals surface area contributed by atoms with Gasteiger partial charge in [-0.2, -0.15) is 0 Å². The Morgan fingerprint density at radius 3 is 2.64 bits per heavy atom. The molecule has 0 bridgehead atoms. The second-order valence-corrected chi connectivity index (χ2v) is 6.22. The number of halogens is 1. The normalized spacial score (nSPS) is 17.0. The average Bonchev–Trinajstić information content (AvgIpc) is 2.92. The third-order valence-corrected chi connectivity index (χ3v) is 4.38. The molecule has 0 saturated carbocycles. The van der Waals surface area contributed by atoms with Crippen molar-refractivity contribution >= 4 is 29.9 Å². The molecule has 9 heteroatoms. The quantitative estimate of drug-likeness (QED) is 0.354. The zero-order valence-corrected chi connectivity index (χ0v) is 18.1. The van der Waals surface area contributed by atoms with Gasteiger partial charge in [-0.05, 0) is 20.3 Å².